The molecule has 15 heteroatoms. The first-order valence-corrected chi connectivity index (χ1v) is 20.9. The number of phenols is 2. The van der Waals surface area contributed by atoms with Crippen LogP contribution in [0.1, 0.15) is 73.3 Å². The molecule has 0 spiro atoms. The zero-order valence-electron chi connectivity index (χ0n) is 30.8. The van der Waals surface area contributed by atoms with E-state index in [1.807, 2.05) is 13.1 Å². The van der Waals surface area contributed by atoms with Crippen LogP contribution >= 0.6 is 21.6 Å². The van der Waals surface area contributed by atoms with Crippen LogP contribution in [0.2, 0.25) is 0 Å². The van der Waals surface area contributed by atoms with E-state index >= 15 is 0 Å². The summed E-state index contributed by atoms with van der Waals surface area (Å²) in [5.74, 6) is 0.647. The molecule has 2 aromatic carbocycles. The average molecular weight is 786 g/mol. The van der Waals surface area contributed by atoms with E-state index in [4.69, 9.17) is 18.9 Å². The number of aliphatic hydroxyl groups is 6. The van der Waals surface area contributed by atoms with Crippen molar-refractivity contribution in [2.45, 2.75) is 93.9 Å². The smallest absolute Gasteiger partial charge is 0.200 e. The van der Waals surface area contributed by atoms with Gasteiger partial charge in [0.25, 0.3) is 0 Å². The number of hydrogen-bond donors (Lipinski definition) is 9. The van der Waals surface area contributed by atoms with Gasteiger partial charge in [-0.1, -0.05) is 21.6 Å². The van der Waals surface area contributed by atoms with E-state index < -0.39 is 37.8 Å². The van der Waals surface area contributed by atoms with Gasteiger partial charge in [-0.3, -0.25) is 0 Å². The van der Waals surface area contributed by atoms with Crippen molar-refractivity contribution in [3.63, 3.8) is 0 Å². The van der Waals surface area contributed by atoms with Gasteiger partial charge >= 0.3 is 0 Å². The van der Waals surface area contributed by atoms with Crippen LogP contribution in [0.5, 0.6) is 28.7 Å². The lowest BCUT2D eigenvalue weighted by molar-refractivity contribution is -0.0808. The number of ether oxygens (including phenoxy) is 4. The van der Waals surface area contributed by atoms with Gasteiger partial charge in [0.15, 0.2) is 29.8 Å². The predicted molar refractivity (Wildman–Crippen MR) is 205 cm³/mol. The minimum atomic E-state index is -1.06. The van der Waals surface area contributed by atoms with Crippen molar-refractivity contribution in [1.29, 1.82) is 0 Å². The van der Waals surface area contributed by atoms with Gasteiger partial charge in [-0.2, -0.15) is 0 Å². The van der Waals surface area contributed by atoms with Gasteiger partial charge in [-0.15, -0.1) is 0 Å². The summed E-state index contributed by atoms with van der Waals surface area (Å²) >= 11 is 0. The Kier molecular flexibility index (Phi) is 18.4. The van der Waals surface area contributed by atoms with Crippen molar-refractivity contribution in [1.82, 2.24) is 5.32 Å². The summed E-state index contributed by atoms with van der Waals surface area (Å²) in [7, 11) is 6.23. The standard InChI is InChI=1S/C38H59NO12S2/c1-39-19-26-6-8-28(15-24(26)4-3-10-40)51-34-16-25-5-7-27(49-21-42)17-31(44)30(12-23-13-35(48-2)38(47)36(14-23)50-22-43)33(46)20-52-53-37(9-11-41)29(25)18-32(34)45/h13-14,16,18,24,26-28,30-31,33,37,39-47H,3-12,15,17,19-22H2,1-2H3. The molecule has 0 amide bonds. The Morgan fingerprint density at radius 3 is 2.32 bits per heavy atom. The fourth-order valence-electron chi connectivity index (χ4n) is 7.76. The average Bonchev–Trinajstić information content (AvgIpc) is 3.14. The number of fused-ring (bicyclic) bond motifs is 1. The molecule has 1 fully saturated rings. The van der Waals surface area contributed by atoms with Gasteiger partial charge < -0.3 is 65.1 Å². The van der Waals surface area contributed by atoms with Crippen molar-refractivity contribution >= 4 is 21.6 Å². The highest BCUT2D eigenvalue weighted by Gasteiger charge is 2.34. The number of aryl methyl sites for hydroxylation is 1. The Balaban J connectivity index is 1.61. The lowest BCUT2D eigenvalue weighted by Crippen LogP contribution is -2.38. The minimum absolute atomic E-state index is 0.00101. The van der Waals surface area contributed by atoms with E-state index in [1.54, 1.807) is 12.1 Å². The van der Waals surface area contributed by atoms with E-state index in [-0.39, 0.29) is 66.2 Å². The molecule has 53 heavy (non-hydrogen) atoms. The highest BCUT2D eigenvalue weighted by Crippen LogP contribution is 2.47. The number of hydrogen-bond acceptors (Lipinski definition) is 15. The summed E-state index contributed by atoms with van der Waals surface area (Å²) in [6.07, 6.45) is 3.10. The molecule has 1 aliphatic carbocycles. The van der Waals surface area contributed by atoms with Gasteiger partial charge in [0.1, 0.15) is 6.79 Å². The highest BCUT2D eigenvalue weighted by atomic mass is 33.1. The SMILES string of the molecule is CNCC1CCC(Oc2cc3c(cc2O)C(CCO)SSCC(O)C(Cc2cc(OC)c(O)c(OCO)c2)C(O)CC(OCO)CC3)CC1CCCO. The third kappa shape index (κ3) is 12.4. The Labute approximate surface area is 320 Å². The zero-order chi connectivity index (χ0) is 38.3. The molecule has 4 rings (SSSR count). The molecule has 2 aliphatic rings. The Morgan fingerprint density at radius 1 is 0.830 bits per heavy atom. The van der Waals surface area contributed by atoms with Crippen LogP contribution in [-0.4, -0.2) is 119 Å². The number of aromatic hydroxyl groups is 2. The van der Waals surface area contributed by atoms with Gasteiger partial charge in [0.2, 0.25) is 5.75 Å². The van der Waals surface area contributed by atoms with Crippen molar-refractivity contribution in [3.8, 4) is 28.7 Å². The van der Waals surface area contributed by atoms with Crippen molar-refractivity contribution in [3.05, 3.63) is 41.0 Å². The zero-order valence-corrected chi connectivity index (χ0v) is 32.4. The van der Waals surface area contributed by atoms with E-state index in [2.05, 4.69) is 5.32 Å². The first-order valence-electron chi connectivity index (χ1n) is 18.5. The second-order valence-corrected chi connectivity index (χ2v) is 16.6. The largest absolute Gasteiger partial charge is 0.504 e. The Morgan fingerprint density at radius 2 is 1.62 bits per heavy atom. The third-order valence-electron chi connectivity index (χ3n) is 10.5. The van der Waals surface area contributed by atoms with Gasteiger partial charge in [-0.05, 0) is 131 Å². The van der Waals surface area contributed by atoms with Crippen molar-refractivity contribution < 1.29 is 59.8 Å². The minimum Gasteiger partial charge on any atom is -0.504 e. The van der Waals surface area contributed by atoms with Crippen LogP contribution in [0.15, 0.2) is 24.3 Å². The van der Waals surface area contributed by atoms with Crippen LogP contribution in [0, 0.1) is 17.8 Å². The fraction of sp³-hybridized carbons (Fsp3) is 0.684. The van der Waals surface area contributed by atoms with E-state index in [1.165, 1.54) is 34.8 Å². The quantitative estimate of drug-likeness (QED) is 0.0879. The monoisotopic (exact) mass is 785 g/mol. The topological polar surface area (TPSA) is 211 Å². The second-order valence-electron chi connectivity index (χ2n) is 14.0. The molecule has 8 atom stereocenters. The second kappa shape index (κ2) is 22.4. The number of phenolic OH excluding ortho intramolecular Hbond substituents is 2. The summed E-state index contributed by atoms with van der Waals surface area (Å²) in [5, 5.41) is 86.7. The normalized spacial score (nSPS) is 27.2. The molecule has 300 valence electrons. The molecule has 2 aromatic rings. The van der Waals surface area contributed by atoms with Gasteiger partial charge in [0, 0.05) is 30.1 Å². The van der Waals surface area contributed by atoms with Crippen LogP contribution < -0.4 is 19.5 Å². The van der Waals surface area contributed by atoms with Crippen LogP contribution in [0.25, 0.3) is 0 Å². The maximum atomic E-state index is 11.6. The Hall–Kier alpha value is -2.18. The molecular weight excluding hydrogens is 727 g/mol. The molecular formula is C38H59NO12S2. The fourth-order valence-corrected chi connectivity index (χ4v) is 10.7. The summed E-state index contributed by atoms with van der Waals surface area (Å²) < 4.78 is 22.7. The number of benzene rings is 2. The van der Waals surface area contributed by atoms with E-state index in [0.29, 0.717) is 42.4 Å². The molecule has 0 bridgehead atoms. The molecule has 0 radical (unpaired) electrons. The van der Waals surface area contributed by atoms with Gasteiger partial charge in [-0.25, -0.2) is 0 Å². The maximum Gasteiger partial charge on any atom is 0.200 e. The molecule has 0 aromatic heterocycles. The van der Waals surface area contributed by atoms with Crippen LogP contribution in [0.4, 0.5) is 0 Å². The maximum absolute atomic E-state index is 11.6. The molecule has 1 heterocycles. The highest BCUT2D eigenvalue weighted by molar-refractivity contribution is 8.76. The number of methoxy groups -OCH3 is 1. The van der Waals surface area contributed by atoms with Gasteiger partial charge in [0.05, 0.1) is 31.5 Å². The summed E-state index contributed by atoms with van der Waals surface area (Å²) in [6.45, 7) is -0.272. The first-order chi connectivity index (χ1) is 25.6. The van der Waals surface area contributed by atoms with E-state index in [9.17, 15) is 40.9 Å². The summed E-state index contributed by atoms with van der Waals surface area (Å²) in [4.78, 5) is 0. The number of nitrogens with one attached hydrogen (secondary N) is 1. The summed E-state index contributed by atoms with van der Waals surface area (Å²) in [6, 6.07) is 6.71. The molecule has 1 saturated carbocycles. The van der Waals surface area contributed by atoms with Crippen LogP contribution in [0.3, 0.4) is 0 Å². The van der Waals surface area contributed by atoms with E-state index in [0.717, 1.165) is 49.8 Å². The lowest BCUT2D eigenvalue weighted by Gasteiger charge is -2.36. The predicted octanol–water partition coefficient (Wildman–Crippen LogP) is 3.65. The third-order valence-corrected chi connectivity index (χ3v) is 13.4. The molecule has 9 N–H and O–H groups in total. The molecule has 1 aliphatic heterocycles. The number of aliphatic hydroxyl groups excluding tert-OH is 6. The van der Waals surface area contributed by atoms with Crippen LogP contribution in [-0.2, 0) is 17.6 Å². The molecule has 13 nitrogen and oxygen atoms in total. The number of rotatable bonds is 16. The molecule has 0 saturated heterocycles. The molecule has 8 unspecified atom stereocenters. The summed E-state index contributed by atoms with van der Waals surface area (Å²) in [5.41, 5.74) is 2.33. The first kappa shape index (κ1) is 43.5. The lowest BCUT2D eigenvalue weighted by atomic mass is 9.75. The Bertz CT molecular complexity index is 1390. The van der Waals surface area contributed by atoms with Crippen molar-refractivity contribution in [2.75, 3.05) is 53.3 Å². The van der Waals surface area contributed by atoms with Crippen molar-refractivity contribution in [2.24, 2.45) is 17.8 Å².